The third-order valence-corrected chi connectivity index (χ3v) is 2.55. The van der Waals surface area contributed by atoms with Crippen LogP contribution in [0.2, 0.25) is 5.02 Å². The fourth-order valence-corrected chi connectivity index (χ4v) is 1.68. The molecule has 3 N–H and O–H groups in total. The highest BCUT2D eigenvalue weighted by atomic mass is 35.5. The van der Waals surface area contributed by atoms with E-state index in [1.807, 2.05) is 13.0 Å². The van der Waals surface area contributed by atoms with Gasteiger partial charge in [-0.25, -0.2) is 0 Å². The average molecular weight is 271 g/mol. The van der Waals surface area contributed by atoms with Gasteiger partial charge in [0.2, 0.25) is 5.91 Å². The molecule has 0 aliphatic rings. The summed E-state index contributed by atoms with van der Waals surface area (Å²) in [6, 6.07) is 5.23. The summed E-state index contributed by atoms with van der Waals surface area (Å²) in [5.41, 5.74) is 6.46. The molecule has 100 valence electrons. The summed E-state index contributed by atoms with van der Waals surface area (Å²) < 4.78 is 5.47. The average Bonchev–Trinajstić information content (AvgIpc) is 2.27. The Bertz CT molecular complexity index is 408. The number of benzene rings is 1. The number of nitrogens with two attached hydrogens (primary N) is 1. The minimum Gasteiger partial charge on any atom is -0.493 e. The van der Waals surface area contributed by atoms with Crippen molar-refractivity contribution in [1.82, 2.24) is 5.32 Å². The van der Waals surface area contributed by atoms with Gasteiger partial charge < -0.3 is 15.8 Å². The van der Waals surface area contributed by atoms with Crippen LogP contribution in [0.4, 0.5) is 0 Å². The zero-order valence-corrected chi connectivity index (χ0v) is 11.5. The molecule has 5 heteroatoms. The topological polar surface area (TPSA) is 64.3 Å². The fraction of sp³-hybridized carbons (Fsp3) is 0.462. The van der Waals surface area contributed by atoms with Gasteiger partial charge in [-0.2, -0.15) is 0 Å². The third-order valence-electron chi connectivity index (χ3n) is 2.31. The number of carbonyl (C=O) groups is 1. The number of amides is 1. The first-order valence-corrected chi connectivity index (χ1v) is 6.34. The molecule has 1 amide bonds. The lowest BCUT2D eigenvalue weighted by molar-refractivity contribution is -0.121. The minimum atomic E-state index is -0.137. The van der Waals surface area contributed by atoms with Crippen LogP contribution >= 0.6 is 11.6 Å². The van der Waals surface area contributed by atoms with Crippen LogP contribution in [0.15, 0.2) is 18.2 Å². The highest BCUT2D eigenvalue weighted by Gasteiger charge is 2.08. The van der Waals surface area contributed by atoms with Crippen LogP contribution in [-0.2, 0) is 11.3 Å². The first-order chi connectivity index (χ1) is 8.52. The van der Waals surface area contributed by atoms with Gasteiger partial charge in [0, 0.05) is 29.6 Å². The third kappa shape index (κ3) is 4.94. The lowest BCUT2D eigenvalue weighted by Gasteiger charge is -2.12. The van der Waals surface area contributed by atoms with Crippen molar-refractivity contribution in [3.63, 3.8) is 0 Å². The molecule has 0 saturated heterocycles. The Balaban J connectivity index is 2.63. The molecule has 18 heavy (non-hydrogen) atoms. The van der Waals surface area contributed by atoms with Gasteiger partial charge in [0.05, 0.1) is 6.61 Å². The number of ether oxygens (including phenoxy) is 1. The normalized spacial score (nSPS) is 12.0. The van der Waals surface area contributed by atoms with Gasteiger partial charge >= 0.3 is 0 Å². The van der Waals surface area contributed by atoms with E-state index in [2.05, 4.69) is 5.32 Å². The summed E-state index contributed by atoms with van der Waals surface area (Å²) in [5, 5.41) is 3.42. The van der Waals surface area contributed by atoms with E-state index in [-0.39, 0.29) is 11.9 Å². The van der Waals surface area contributed by atoms with Gasteiger partial charge in [-0.15, -0.1) is 0 Å². The summed E-state index contributed by atoms with van der Waals surface area (Å²) in [6.45, 7) is 4.67. The van der Waals surface area contributed by atoms with Crippen LogP contribution in [0, 0.1) is 0 Å². The van der Waals surface area contributed by atoms with Crippen molar-refractivity contribution < 1.29 is 9.53 Å². The van der Waals surface area contributed by atoms with Crippen LogP contribution in [0.3, 0.4) is 0 Å². The Morgan fingerprint density at radius 3 is 2.89 bits per heavy atom. The van der Waals surface area contributed by atoms with Crippen molar-refractivity contribution in [2.75, 3.05) is 6.61 Å². The molecule has 0 radical (unpaired) electrons. The summed E-state index contributed by atoms with van der Waals surface area (Å²) in [4.78, 5) is 11.5. The molecule has 0 fully saturated rings. The molecule has 1 aromatic carbocycles. The van der Waals surface area contributed by atoms with Crippen LogP contribution in [0.1, 0.15) is 25.8 Å². The smallest absolute Gasteiger partial charge is 0.221 e. The first kappa shape index (κ1) is 14.8. The Morgan fingerprint density at radius 1 is 1.56 bits per heavy atom. The second-order valence-corrected chi connectivity index (χ2v) is 4.58. The molecule has 0 aromatic heterocycles. The summed E-state index contributed by atoms with van der Waals surface area (Å²) >= 11 is 5.90. The van der Waals surface area contributed by atoms with Crippen molar-refractivity contribution in [2.45, 2.75) is 32.9 Å². The zero-order chi connectivity index (χ0) is 13.5. The molecule has 1 rings (SSSR count). The molecule has 0 heterocycles. The molecular weight excluding hydrogens is 252 g/mol. The van der Waals surface area contributed by atoms with Gasteiger partial charge in [0.25, 0.3) is 0 Å². The van der Waals surface area contributed by atoms with E-state index in [4.69, 9.17) is 22.1 Å². The Labute approximate surface area is 112 Å². The molecule has 1 aromatic rings. The molecule has 0 bridgehead atoms. The van der Waals surface area contributed by atoms with Crippen LogP contribution in [0.5, 0.6) is 5.75 Å². The Hall–Kier alpha value is -1.26. The zero-order valence-electron chi connectivity index (χ0n) is 10.7. The van der Waals surface area contributed by atoms with E-state index in [9.17, 15) is 4.79 Å². The number of halogens is 1. The van der Waals surface area contributed by atoms with Gasteiger partial charge in [0.1, 0.15) is 5.75 Å². The van der Waals surface area contributed by atoms with E-state index >= 15 is 0 Å². The molecular formula is C13H19ClN2O2. The standard InChI is InChI=1S/C13H19ClN2O2/c1-3-18-12-7-11(14)5-4-10(12)8-16-13(17)6-9(2)15/h4-5,7,9H,3,6,8,15H2,1-2H3,(H,16,17). The maximum absolute atomic E-state index is 11.5. The van der Waals surface area contributed by atoms with Crippen molar-refractivity contribution >= 4 is 17.5 Å². The summed E-state index contributed by atoms with van der Waals surface area (Å²) in [7, 11) is 0. The van der Waals surface area contributed by atoms with Gasteiger partial charge in [-0.1, -0.05) is 17.7 Å². The lowest BCUT2D eigenvalue weighted by Crippen LogP contribution is -2.29. The van der Waals surface area contributed by atoms with Crippen LogP contribution in [-0.4, -0.2) is 18.6 Å². The van der Waals surface area contributed by atoms with E-state index in [0.29, 0.717) is 30.3 Å². The number of rotatable bonds is 6. The number of nitrogens with one attached hydrogen (secondary N) is 1. The quantitative estimate of drug-likeness (QED) is 0.832. The molecule has 1 unspecified atom stereocenters. The van der Waals surface area contributed by atoms with Gasteiger partial charge in [0.15, 0.2) is 0 Å². The molecule has 4 nitrogen and oxygen atoms in total. The van der Waals surface area contributed by atoms with Crippen molar-refractivity contribution in [3.05, 3.63) is 28.8 Å². The van der Waals surface area contributed by atoms with E-state index < -0.39 is 0 Å². The second-order valence-electron chi connectivity index (χ2n) is 4.14. The van der Waals surface area contributed by atoms with Gasteiger partial charge in [-0.05, 0) is 26.0 Å². The largest absolute Gasteiger partial charge is 0.493 e. The van der Waals surface area contributed by atoms with E-state index in [1.54, 1.807) is 19.1 Å². The predicted octanol–water partition coefficient (Wildman–Crippen LogP) is 2.09. The first-order valence-electron chi connectivity index (χ1n) is 5.96. The number of carbonyl (C=O) groups excluding carboxylic acids is 1. The maximum atomic E-state index is 11.5. The SMILES string of the molecule is CCOc1cc(Cl)ccc1CNC(=O)CC(C)N. The van der Waals surface area contributed by atoms with Crippen LogP contribution < -0.4 is 15.8 Å². The summed E-state index contributed by atoms with van der Waals surface area (Å²) in [6.07, 6.45) is 0.317. The fourth-order valence-electron chi connectivity index (χ4n) is 1.52. The summed E-state index contributed by atoms with van der Waals surface area (Å²) in [5.74, 6) is 0.633. The molecule has 1 atom stereocenters. The van der Waals surface area contributed by atoms with Gasteiger partial charge in [-0.3, -0.25) is 4.79 Å². The van der Waals surface area contributed by atoms with Crippen LogP contribution in [0.25, 0.3) is 0 Å². The lowest BCUT2D eigenvalue weighted by atomic mass is 10.2. The molecule has 0 saturated carbocycles. The highest BCUT2D eigenvalue weighted by Crippen LogP contribution is 2.23. The maximum Gasteiger partial charge on any atom is 0.221 e. The Kier molecular flexibility index (Phi) is 5.95. The number of hydrogen-bond acceptors (Lipinski definition) is 3. The number of hydrogen-bond donors (Lipinski definition) is 2. The van der Waals surface area contributed by atoms with Crippen molar-refractivity contribution in [2.24, 2.45) is 5.73 Å². The molecule has 0 aliphatic heterocycles. The van der Waals surface area contributed by atoms with E-state index in [1.165, 1.54) is 0 Å². The van der Waals surface area contributed by atoms with Crippen molar-refractivity contribution in [3.8, 4) is 5.75 Å². The Morgan fingerprint density at radius 2 is 2.28 bits per heavy atom. The monoisotopic (exact) mass is 270 g/mol. The minimum absolute atomic E-state index is 0.0672. The predicted molar refractivity (Wildman–Crippen MR) is 72.7 cm³/mol. The highest BCUT2D eigenvalue weighted by molar-refractivity contribution is 6.30. The molecule has 0 aliphatic carbocycles. The van der Waals surface area contributed by atoms with Crippen molar-refractivity contribution in [1.29, 1.82) is 0 Å². The molecule has 0 spiro atoms. The van der Waals surface area contributed by atoms with E-state index in [0.717, 1.165) is 5.56 Å². The second kappa shape index (κ2) is 7.24.